The number of carbonyl (C=O) groups excluding carboxylic acids is 1. The van der Waals surface area contributed by atoms with Crippen molar-refractivity contribution in [3.05, 3.63) is 30.3 Å². The molecular formula is C11H14N2O. The maximum atomic E-state index is 11.4. The van der Waals surface area contributed by atoms with Crippen molar-refractivity contribution >= 4 is 17.3 Å². The van der Waals surface area contributed by atoms with Crippen LogP contribution in [0, 0.1) is 5.92 Å². The van der Waals surface area contributed by atoms with E-state index in [4.69, 9.17) is 5.73 Å². The predicted octanol–water partition coefficient (Wildman–Crippen LogP) is 1.90. The maximum absolute atomic E-state index is 11.4. The lowest BCUT2D eigenvalue weighted by atomic mass is 10.1. The van der Waals surface area contributed by atoms with Gasteiger partial charge >= 0.3 is 0 Å². The molecule has 0 bridgehead atoms. The number of aliphatic imine (C=N–C) groups is 1. The van der Waals surface area contributed by atoms with Crippen LogP contribution in [0.5, 0.6) is 0 Å². The summed E-state index contributed by atoms with van der Waals surface area (Å²) >= 11 is 0. The number of rotatable bonds is 3. The maximum Gasteiger partial charge on any atom is 0.200 e. The molecule has 0 aliphatic carbocycles. The average molecular weight is 190 g/mol. The van der Waals surface area contributed by atoms with Gasteiger partial charge in [0.1, 0.15) is 0 Å². The fraction of sp³-hybridized carbons (Fsp3) is 0.273. The van der Waals surface area contributed by atoms with Crippen LogP contribution in [0.25, 0.3) is 0 Å². The minimum atomic E-state index is -0.117. The molecule has 0 amide bonds. The SMILES string of the molecule is CC(C)C(=O)C(N)=Nc1ccccc1. The lowest BCUT2D eigenvalue weighted by molar-refractivity contribution is -0.115. The van der Waals surface area contributed by atoms with Crippen molar-refractivity contribution in [2.75, 3.05) is 0 Å². The second kappa shape index (κ2) is 4.56. The second-order valence-corrected chi connectivity index (χ2v) is 3.35. The summed E-state index contributed by atoms with van der Waals surface area (Å²) in [5.41, 5.74) is 6.26. The van der Waals surface area contributed by atoms with Gasteiger partial charge in [0, 0.05) is 5.92 Å². The van der Waals surface area contributed by atoms with Gasteiger partial charge in [-0.25, -0.2) is 4.99 Å². The monoisotopic (exact) mass is 190 g/mol. The summed E-state index contributed by atoms with van der Waals surface area (Å²) in [6.45, 7) is 3.60. The van der Waals surface area contributed by atoms with E-state index in [2.05, 4.69) is 4.99 Å². The van der Waals surface area contributed by atoms with Crippen LogP contribution < -0.4 is 5.73 Å². The van der Waals surface area contributed by atoms with Crippen molar-refractivity contribution < 1.29 is 4.79 Å². The van der Waals surface area contributed by atoms with Gasteiger partial charge < -0.3 is 5.73 Å². The zero-order chi connectivity index (χ0) is 10.6. The smallest absolute Gasteiger partial charge is 0.200 e. The lowest BCUT2D eigenvalue weighted by Crippen LogP contribution is -2.27. The van der Waals surface area contributed by atoms with Crippen molar-refractivity contribution in [2.24, 2.45) is 16.6 Å². The third-order valence-electron chi connectivity index (χ3n) is 1.78. The number of para-hydroxylation sites is 1. The van der Waals surface area contributed by atoms with E-state index in [0.717, 1.165) is 0 Å². The van der Waals surface area contributed by atoms with Crippen molar-refractivity contribution in [1.82, 2.24) is 0 Å². The Morgan fingerprint density at radius 2 is 1.86 bits per heavy atom. The normalized spacial score (nSPS) is 11.8. The second-order valence-electron chi connectivity index (χ2n) is 3.35. The van der Waals surface area contributed by atoms with Crippen LogP contribution >= 0.6 is 0 Å². The Hall–Kier alpha value is -1.64. The molecule has 0 radical (unpaired) electrons. The number of hydrogen-bond donors (Lipinski definition) is 1. The lowest BCUT2D eigenvalue weighted by Gasteiger charge is -2.02. The molecule has 0 saturated carbocycles. The van der Waals surface area contributed by atoms with E-state index in [9.17, 15) is 4.79 Å². The molecule has 0 unspecified atom stereocenters. The van der Waals surface area contributed by atoms with Crippen LogP contribution in [-0.4, -0.2) is 11.6 Å². The van der Waals surface area contributed by atoms with E-state index in [1.54, 1.807) is 26.0 Å². The number of nitrogens with two attached hydrogens (primary N) is 1. The van der Waals surface area contributed by atoms with Gasteiger partial charge in [-0.15, -0.1) is 0 Å². The highest BCUT2D eigenvalue weighted by Crippen LogP contribution is 2.10. The molecule has 0 spiro atoms. The molecule has 3 nitrogen and oxygen atoms in total. The van der Waals surface area contributed by atoms with E-state index in [0.29, 0.717) is 5.69 Å². The standard InChI is InChI=1S/C11H14N2O/c1-8(2)10(14)11(12)13-9-6-4-3-5-7-9/h3-8H,1-2H3,(H2,12,13). The summed E-state index contributed by atoms with van der Waals surface area (Å²) in [4.78, 5) is 15.4. The Labute approximate surface area is 83.7 Å². The Kier molecular flexibility index (Phi) is 3.40. The van der Waals surface area contributed by atoms with Gasteiger partial charge in [0.15, 0.2) is 11.6 Å². The topological polar surface area (TPSA) is 55.5 Å². The number of Topliss-reactive ketones (excluding diaryl/α,β-unsaturated/α-hetero) is 1. The van der Waals surface area contributed by atoms with Crippen molar-refractivity contribution in [3.8, 4) is 0 Å². The molecule has 0 heterocycles. The number of ketones is 1. The molecule has 3 heteroatoms. The molecule has 74 valence electrons. The molecule has 1 aromatic rings. The van der Waals surface area contributed by atoms with E-state index >= 15 is 0 Å². The average Bonchev–Trinajstić information content (AvgIpc) is 2.18. The van der Waals surface area contributed by atoms with Crippen LogP contribution in [0.15, 0.2) is 35.3 Å². The van der Waals surface area contributed by atoms with Gasteiger partial charge in [0.05, 0.1) is 5.69 Å². The molecule has 1 rings (SSSR count). The Morgan fingerprint density at radius 3 is 2.36 bits per heavy atom. The molecule has 0 aliphatic heterocycles. The highest BCUT2D eigenvalue weighted by molar-refractivity contribution is 6.39. The summed E-state index contributed by atoms with van der Waals surface area (Å²) < 4.78 is 0. The predicted molar refractivity (Wildman–Crippen MR) is 57.6 cm³/mol. The first-order chi connectivity index (χ1) is 6.61. The Morgan fingerprint density at radius 1 is 1.29 bits per heavy atom. The van der Waals surface area contributed by atoms with E-state index in [1.165, 1.54) is 0 Å². The summed E-state index contributed by atoms with van der Waals surface area (Å²) in [6.07, 6.45) is 0. The van der Waals surface area contributed by atoms with Gasteiger partial charge in [-0.05, 0) is 12.1 Å². The molecule has 0 fully saturated rings. The number of carbonyl (C=O) groups is 1. The third kappa shape index (κ3) is 2.69. The van der Waals surface area contributed by atoms with Crippen LogP contribution in [-0.2, 0) is 4.79 Å². The van der Waals surface area contributed by atoms with Crippen LogP contribution in [0.1, 0.15) is 13.8 Å². The highest BCUT2D eigenvalue weighted by Gasteiger charge is 2.11. The van der Waals surface area contributed by atoms with Gasteiger partial charge in [0.25, 0.3) is 0 Å². The first-order valence-corrected chi connectivity index (χ1v) is 4.54. The molecule has 0 aromatic heterocycles. The molecule has 2 N–H and O–H groups in total. The first-order valence-electron chi connectivity index (χ1n) is 4.54. The number of amidine groups is 1. The zero-order valence-corrected chi connectivity index (χ0v) is 8.40. The number of nitrogens with zero attached hydrogens (tertiary/aromatic N) is 1. The zero-order valence-electron chi connectivity index (χ0n) is 8.40. The Bertz CT molecular complexity index is 342. The fourth-order valence-corrected chi connectivity index (χ4v) is 0.992. The minimum Gasteiger partial charge on any atom is -0.381 e. The highest BCUT2D eigenvalue weighted by atomic mass is 16.1. The quantitative estimate of drug-likeness (QED) is 0.584. The summed E-state index contributed by atoms with van der Waals surface area (Å²) in [5.74, 6) is -0.150. The molecule has 1 aromatic carbocycles. The van der Waals surface area contributed by atoms with Crippen molar-refractivity contribution in [2.45, 2.75) is 13.8 Å². The summed E-state index contributed by atoms with van der Waals surface area (Å²) in [7, 11) is 0. The van der Waals surface area contributed by atoms with Crippen LogP contribution in [0.2, 0.25) is 0 Å². The van der Waals surface area contributed by atoms with Gasteiger partial charge in [-0.3, -0.25) is 4.79 Å². The van der Waals surface area contributed by atoms with Gasteiger partial charge in [-0.2, -0.15) is 0 Å². The number of benzene rings is 1. The van der Waals surface area contributed by atoms with Crippen molar-refractivity contribution in [1.29, 1.82) is 0 Å². The first kappa shape index (κ1) is 10.4. The van der Waals surface area contributed by atoms with Crippen LogP contribution in [0.4, 0.5) is 5.69 Å². The Balaban J connectivity index is 2.84. The molecule has 0 aliphatic rings. The van der Waals surface area contributed by atoms with Gasteiger partial charge in [0.2, 0.25) is 0 Å². The fourth-order valence-electron chi connectivity index (χ4n) is 0.992. The van der Waals surface area contributed by atoms with E-state index < -0.39 is 0 Å². The third-order valence-corrected chi connectivity index (χ3v) is 1.78. The van der Waals surface area contributed by atoms with E-state index in [-0.39, 0.29) is 17.5 Å². The molecule has 0 atom stereocenters. The van der Waals surface area contributed by atoms with Crippen molar-refractivity contribution in [3.63, 3.8) is 0 Å². The molecule has 14 heavy (non-hydrogen) atoms. The minimum absolute atomic E-state index is 0.0752. The van der Waals surface area contributed by atoms with Crippen LogP contribution in [0.3, 0.4) is 0 Å². The summed E-state index contributed by atoms with van der Waals surface area (Å²) in [6, 6.07) is 9.21. The van der Waals surface area contributed by atoms with Gasteiger partial charge in [-0.1, -0.05) is 32.0 Å². The number of hydrogen-bond acceptors (Lipinski definition) is 2. The summed E-state index contributed by atoms with van der Waals surface area (Å²) in [5, 5.41) is 0. The molecule has 0 saturated heterocycles. The molecular weight excluding hydrogens is 176 g/mol. The largest absolute Gasteiger partial charge is 0.381 e. The van der Waals surface area contributed by atoms with E-state index in [1.807, 2.05) is 18.2 Å².